The lowest BCUT2D eigenvalue weighted by Crippen LogP contribution is -2.29. The van der Waals surface area contributed by atoms with Crippen LogP contribution in [0.15, 0.2) is 29.4 Å². The number of hydrogen-bond acceptors (Lipinski definition) is 2. The Bertz CT molecular complexity index is 493. The van der Waals surface area contributed by atoms with Crippen LogP contribution in [0.3, 0.4) is 0 Å². The molecule has 1 amide bonds. The number of rotatable bonds is 4. The van der Waals surface area contributed by atoms with Gasteiger partial charge in [0, 0.05) is 10.9 Å². The largest absolute Gasteiger partial charge is 0.273 e. The minimum Gasteiger partial charge on any atom is -0.273 e. The molecule has 1 aromatic carbocycles. The first kappa shape index (κ1) is 15.0. The van der Waals surface area contributed by atoms with Crippen LogP contribution in [-0.4, -0.2) is 11.6 Å². The molecule has 1 aliphatic carbocycles. The summed E-state index contributed by atoms with van der Waals surface area (Å²) in [4.78, 5) is 12.1. The fourth-order valence-electron chi connectivity index (χ4n) is 2.59. The van der Waals surface area contributed by atoms with E-state index in [1.165, 1.54) is 6.42 Å². The van der Waals surface area contributed by atoms with E-state index >= 15 is 0 Å². The molecule has 2 rings (SSSR count). The third-order valence-corrected chi connectivity index (χ3v) is 4.00. The molecule has 1 saturated carbocycles. The van der Waals surface area contributed by atoms with Gasteiger partial charge in [-0.15, -0.1) is 0 Å². The van der Waals surface area contributed by atoms with E-state index in [1.54, 1.807) is 0 Å². The second-order valence-electron chi connectivity index (χ2n) is 5.23. The Kier molecular flexibility index (Phi) is 5.60. The normalized spacial score (nSPS) is 17.0. The Labute approximate surface area is 125 Å². The first-order valence-electron chi connectivity index (χ1n) is 7.33. The molecule has 1 aliphatic rings. The van der Waals surface area contributed by atoms with Gasteiger partial charge in [-0.1, -0.05) is 49.9 Å². The molecular weight excluding hydrogens is 272 g/mol. The quantitative estimate of drug-likeness (QED) is 0.657. The van der Waals surface area contributed by atoms with Crippen LogP contribution in [0.4, 0.5) is 0 Å². The van der Waals surface area contributed by atoms with Gasteiger partial charge in [0.05, 0.1) is 5.71 Å². The maximum atomic E-state index is 12.1. The summed E-state index contributed by atoms with van der Waals surface area (Å²) in [6.07, 6.45) is 6.27. The summed E-state index contributed by atoms with van der Waals surface area (Å²) in [5.74, 6) is 0.183. The first-order valence-corrected chi connectivity index (χ1v) is 7.71. The predicted octanol–water partition coefficient (Wildman–Crippen LogP) is 4.15. The Morgan fingerprint density at radius 2 is 2.10 bits per heavy atom. The number of nitrogens with zero attached hydrogens (tertiary/aromatic N) is 1. The molecule has 0 aliphatic heterocycles. The van der Waals surface area contributed by atoms with Crippen LogP contribution in [0.25, 0.3) is 0 Å². The average Bonchev–Trinajstić information content (AvgIpc) is 2.48. The molecule has 0 spiro atoms. The summed E-state index contributed by atoms with van der Waals surface area (Å²) in [6, 6.07) is 7.56. The van der Waals surface area contributed by atoms with E-state index in [1.807, 2.05) is 31.2 Å². The van der Waals surface area contributed by atoms with E-state index in [-0.39, 0.29) is 11.8 Å². The summed E-state index contributed by atoms with van der Waals surface area (Å²) in [6.45, 7) is 2.02. The highest BCUT2D eigenvalue weighted by molar-refractivity contribution is 6.31. The Hall–Kier alpha value is -1.35. The van der Waals surface area contributed by atoms with Crippen molar-refractivity contribution in [2.24, 2.45) is 11.0 Å². The van der Waals surface area contributed by atoms with Crippen molar-refractivity contribution in [2.45, 2.75) is 45.4 Å². The number of nitrogens with one attached hydrogen (secondary N) is 1. The monoisotopic (exact) mass is 292 g/mol. The molecule has 4 heteroatoms. The Morgan fingerprint density at radius 1 is 1.35 bits per heavy atom. The molecule has 0 atom stereocenters. The van der Waals surface area contributed by atoms with Crippen LogP contribution in [0.5, 0.6) is 0 Å². The van der Waals surface area contributed by atoms with E-state index in [0.29, 0.717) is 5.02 Å². The number of halogens is 1. The molecule has 0 unspecified atom stereocenters. The zero-order valence-corrected chi connectivity index (χ0v) is 12.6. The minimum atomic E-state index is 0.0534. The molecule has 1 aromatic rings. The van der Waals surface area contributed by atoms with Gasteiger partial charge in [0.15, 0.2) is 0 Å². The van der Waals surface area contributed by atoms with Crippen molar-refractivity contribution in [1.29, 1.82) is 0 Å². The van der Waals surface area contributed by atoms with E-state index in [4.69, 9.17) is 11.6 Å². The number of amides is 1. The van der Waals surface area contributed by atoms with Gasteiger partial charge >= 0.3 is 0 Å². The molecule has 108 valence electrons. The lowest BCUT2D eigenvalue weighted by molar-refractivity contribution is -0.125. The lowest BCUT2D eigenvalue weighted by Gasteiger charge is -2.19. The van der Waals surface area contributed by atoms with Gasteiger partial charge in [0.2, 0.25) is 5.91 Å². The maximum Gasteiger partial charge on any atom is 0.243 e. The highest BCUT2D eigenvalue weighted by Crippen LogP contribution is 2.23. The highest BCUT2D eigenvalue weighted by atomic mass is 35.5. The third kappa shape index (κ3) is 4.07. The van der Waals surface area contributed by atoms with Crippen LogP contribution in [0, 0.1) is 5.92 Å². The number of carbonyl (C=O) groups excluding carboxylic acids is 1. The van der Waals surface area contributed by atoms with E-state index in [2.05, 4.69) is 10.5 Å². The predicted molar refractivity (Wildman–Crippen MR) is 83.0 cm³/mol. The zero-order valence-electron chi connectivity index (χ0n) is 11.9. The van der Waals surface area contributed by atoms with Crippen molar-refractivity contribution < 1.29 is 4.79 Å². The molecule has 0 aromatic heterocycles. The molecule has 0 bridgehead atoms. The second-order valence-corrected chi connectivity index (χ2v) is 5.67. The topological polar surface area (TPSA) is 41.5 Å². The van der Waals surface area contributed by atoms with Crippen molar-refractivity contribution in [3.8, 4) is 0 Å². The fourth-order valence-corrected chi connectivity index (χ4v) is 2.78. The summed E-state index contributed by atoms with van der Waals surface area (Å²) in [5, 5.41) is 4.97. The van der Waals surface area contributed by atoms with Crippen molar-refractivity contribution in [3.63, 3.8) is 0 Å². The number of hydrazone groups is 1. The molecule has 3 nitrogen and oxygen atoms in total. The standard InChI is InChI=1S/C16H21ClN2O/c1-2-15(13-9-6-10-14(17)11-13)18-19-16(20)12-7-4-3-5-8-12/h6,9-12H,2-5,7-8H2,1H3,(H,19,20). The van der Waals surface area contributed by atoms with Crippen LogP contribution in [0.2, 0.25) is 5.02 Å². The molecule has 0 heterocycles. The molecular formula is C16H21ClN2O. The highest BCUT2D eigenvalue weighted by Gasteiger charge is 2.20. The van der Waals surface area contributed by atoms with Crippen molar-refractivity contribution in [2.75, 3.05) is 0 Å². The fraction of sp³-hybridized carbons (Fsp3) is 0.500. The van der Waals surface area contributed by atoms with Crippen LogP contribution in [0.1, 0.15) is 51.0 Å². The second kappa shape index (κ2) is 7.44. The lowest BCUT2D eigenvalue weighted by atomic mass is 9.89. The number of hydrogen-bond donors (Lipinski definition) is 1. The van der Waals surface area contributed by atoms with Crippen molar-refractivity contribution >= 4 is 23.2 Å². The zero-order chi connectivity index (χ0) is 14.4. The van der Waals surface area contributed by atoms with Gasteiger partial charge in [-0.3, -0.25) is 4.79 Å². The van der Waals surface area contributed by atoms with Gasteiger partial charge in [-0.2, -0.15) is 5.10 Å². The number of carbonyl (C=O) groups is 1. The van der Waals surface area contributed by atoms with Gasteiger partial charge < -0.3 is 0 Å². The summed E-state index contributed by atoms with van der Waals surface area (Å²) >= 11 is 5.99. The van der Waals surface area contributed by atoms with Crippen LogP contribution in [-0.2, 0) is 4.79 Å². The molecule has 20 heavy (non-hydrogen) atoms. The maximum absolute atomic E-state index is 12.1. The average molecular weight is 293 g/mol. The Morgan fingerprint density at radius 3 is 2.75 bits per heavy atom. The number of benzene rings is 1. The van der Waals surface area contributed by atoms with Crippen LogP contribution >= 0.6 is 11.6 Å². The molecule has 1 N–H and O–H groups in total. The van der Waals surface area contributed by atoms with Crippen LogP contribution < -0.4 is 5.43 Å². The van der Waals surface area contributed by atoms with Crippen molar-refractivity contribution in [3.05, 3.63) is 34.9 Å². The van der Waals surface area contributed by atoms with Gasteiger partial charge in [0.25, 0.3) is 0 Å². The van der Waals surface area contributed by atoms with E-state index in [0.717, 1.165) is 43.4 Å². The molecule has 0 radical (unpaired) electrons. The smallest absolute Gasteiger partial charge is 0.243 e. The summed E-state index contributed by atoms with van der Waals surface area (Å²) in [5.41, 5.74) is 4.55. The SMILES string of the molecule is CCC(=NNC(=O)C1CCCCC1)c1cccc(Cl)c1. The molecule has 0 saturated heterocycles. The molecule has 1 fully saturated rings. The van der Waals surface area contributed by atoms with Crippen molar-refractivity contribution in [1.82, 2.24) is 5.43 Å². The third-order valence-electron chi connectivity index (χ3n) is 3.77. The minimum absolute atomic E-state index is 0.0534. The van der Waals surface area contributed by atoms with Gasteiger partial charge in [-0.05, 0) is 37.0 Å². The summed E-state index contributed by atoms with van der Waals surface area (Å²) < 4.78 is 0. The Balaban J connectivity index is 2.02. The van der Waals surface area contributed by atoms with Gasteiger partial charge in [-0.25, -0.2) is 5.43 Å². The van der Waals surface area contributed by atoms with E-state index in [9.17, 15) is 4.79 Å². The summed E-state index contributed by atoms with van der Waals surface area (Å²) in [7, 11) is 0. The first-order chi connectivity index (χ1) is 9.70. The van der Waals surface area contributed by atoms with Gasteiger partial charge in [0.1, 0.15) is 0 Å². The van der Waals surface area contributed by atoms with E-state index < -0.39 is 0 Å².